The zero-order valence-electron chi connectivity index (χ0n) is 18.2. The summed E-state index contributed by atoms with van der Waals surface area (Å²) < 4.78 is 5.87. The number of nitrogens with zero attached hydrogens (tertiary/aromatic N) is 3. The molecule has 32 heavy (non-hydrogen) atoms. The molecule has 4 rings (SSSR count). The number of carbonyl (C=O) groups is 1. The first-order valence-electron chi connectivity index (χ1n) is 11.2. The fourth-order valence-electron chi connectivity index (χ4n) is 4.52. The van der Waals surface area contributed by atoms with Crippen molar-refractivity contribution >= 4 is 17.3 Å². The number of carbonyl (C=O) groups excluding carboxylic acids is 1. The minimum atomic E-state index is -0.348. The summed E-state index contributed by atoms with van der Waals surface area (Å²) in [6, 6.07) is 17.2. The van der Waals surface area contributed by atoms with Crippen molar-refractivity contribution in [3.8, 4) is 0 Å². The van der Waals surface area contributed by atoms with Gasteiger partial charge in [-0.25, -0.2) is 0 Å². The largest absolute Gasteiger partial charge is 0.374 e. The highest BCUT2D eigenvalue weighted by molar-refractivity contribution is 5.79. The molecule has 0 spiro atoms. The van der Waals surface area contributed by atoms with Gasteiger partial charge in [-0.15, -0.1) is 0 Å². The van der Waals surface area contributed by atoms with Crippen molar-refractivity contribution in [3.05, 3.63) is 70.3 Å². The normalized spacial score (nSPS) is 20.1. The van der Waals surface area contributed by atoms with Gasteiger partial charge >= 0.3 is 0 Å². The van der Waals surface area contributed by atoms with Crippen molar-refractivity contribution in [1.29, 1.82) is 0 Å². The lowest BCUT2D eigenvalue weighted by Crippen LogP contribution is -2.48. The number of nitro groups is 1. The predicted molar refractivity (Wildman–Crippen MR) is 123 cm³/mol. The Morgan fingerprint density at radius 2 is 1.78 bits per heavy atom. The molecular formula is C24H30N4O4. The van der Waals surface area contributed by atoms with Crippen LogP contribution in [0.15, 0.2) is 54.6 Å². The van der Waals surface area contributed by atoms with Gasteiger partial charge in [0.15, 0.2) is 0 Å². The van der Waals surface area contributed by atoms with E-state index < -0.39 is 0 Å². The maximum atomic E-state index is 12.7. The Balaban J connectivity index is 1.23. The Morgan fingerprint density at radius 3 is 2.53 bits per heavy atom. The average Bonchev–Trinajstić information content (AvgIpc) is 2.83. The maximum Gasteiger partial charge on any atom is 0.292 e. The molecule has 8 heteroatoms. The van der Waals surface area contributed by atoms with Crippen LogP contribution in [0, 0.1) is 16.0 Å². The van der Waals surface area contributed by atoms with Crippen molar-refractivity contribution < 1.29 is 14.5 Å². The van der Waals surface area contributed by atoms with Crippen molar-refractivity contribution in [2.45, 2.75) is 25.5 Å². The third-order valence-electron chi connectivity index (χ3n) is 6.26. The van der Waals surface area contributed by atoms with Gasteiger partial charge in [0.25, 0.3) is 5.69 Å². The molecule has 0 aliphatic carbocycles. The van der Waals surface area contributed by atoms with E-state index in [1.165, 1.54) is 11.6 Å². The minimum Gasteiger partial charge on any atom is -0.374 e. The Labute approximate surface area is 188 Å². The first kappa shape index (κ1) is 22.2. The Bertz CT molecular complexity index is 915. The standard InChI is InChI=1S/C24H30N4O4/c29-24(20-10-12-27(13-11-20)22-8-4-5-9-23(22)28(30)31)25-16-21-18-26(14-15-32-21)17-19-6-2-1-3-7-19/h1-9,20-21H,10-18H2,(H,25,29). The fourth-order valence-corrected chi connectivity index (χ4v) is 4.52. The van der Waals surface area contributed by atoms with E-state index in [2.05, 4.69) is 34.5 Å². The molecule has 2 aromatic carbocycles. The van der Waals surface area contributed by atoms with Gasteiger partial charge in [0.05, 0.1) is 17.6 Å². The lowest BCUT2D eigenvalue weighted by Gasteiger charge is -2.34. The van der Waals surface area contributed by atoms with Gasteiger partial charge in [0.2, 0.25) is 5.91 Å². The summed E-state index contributed by atoms with van der Waals surface area (Å²) >= 11 is 0. The van der Waals surface area contributed by atoms with E-state index in [1.54, 1.807) is 12.1 Å². The summed E-state index contributed by atoms with van der Waals surface area (Å²) in [7, 11) is 0. The SMILES string of the molecule is O=C(NCC1CN(Cc2ccccc2)CCO1)C1CCN(c2ccccc2[N+](=O)[O-])CC1. The van der Waals surface area contributed by atoms with Gasteiger partial charge in [-0.05, 0) is 24.5 Å². The molecule has 2 saturated heterocycles. The number of anilines is 1. The zero-order chi connectivity index (χ0) is 22.3. The highest BCUT2D eigenvalue weighted by Gasteiger charge is 2.29. The second-order valence-electron chi connectivity index (χ2n) is 8.47. The maximum absolute atomic E-state index is 12.7. The van der Waals surface area contributed by atoms with E-state index in [0.717, 1.165) is 19.6 Å². The molecule has 8 nitrogen and oxygen atoms in total. The van der Waals surface area contributed by atoms with Crippen LogP contribution in [-0.2, 0) is 16.1 Å². The molecule has 2 fully saturated rings. The molecule has 1 atom stereocenters. The number of ether oxygens (including phenoxy) is 1. The topological polar surface area (TPSA) is 88.0 Å². The Morgan fingerprint density at radius 1 is 1.06 bits per heavy atom. The van der Waals surface area contributed by atoms with Crippen LogP contribution in [0.4, 0.5) is 11.4 Å². The number of hydrogen-bond donors (Lipinski definition) is 1. The van der Waals surface area contributed by atoms with E-state index >= 15 is 0 Å². The lowest BCUT2D eigenvalue weighted by molar-refractivity contribution is -0.384. The summed E-state index contributed by atoms with van der Waals surface area (Å²) in [4.78, 5) is 28.0. The molecule has 1 unspecified atom stereocenters. The Kier molecular flexibility index (Phi) is 7.34. The molecule has 1 N–H and O–H groups in total. The molecular weight excluding hydrogens is 408 g/mol. The second-order valence-corrected chi connectivity index (χ2v) is 8.47. The van der Waals surface area contributed by atoms with Gasteiger partial charge in [0, 0.05) is 51.3 Å². The van der Waals surface area contributed by atoms with Crippen LogP contribution in [0.3, 0.4) is 0 Å². The van der Waals surface area contributed by atoms with E-state index in [1.807, 2.05) is 17.0 Å². The van der Waals surface area contributed by atoms with Crippen LogP contribution >= 0.6 is 0 Å². The summed E-state index contributed by atoms with van der Waals surface area (Å²) in [5, 5.41) is 14.4. The number of nitro benzene ring substituents is 1. The van der Waals surface area contributed by atoms with Gasteiger partial charge in [-0.3, -0.25) is 19.8 Å². The molecule has 170 valence electrons. The number of amides is 1. The summed E-state index contributed by atoms with van der Waals surface area (Å²) in [5.41, 5.74) is 2.03. The molecule has 0 saturated carbocycles. The van der Waals surface area contributed by atoms with Crippen molar-refractivity contribution in [2.75, 3.05) is 44.2 Å². The molecule has 2 heterocycles. The zero-order valence-corrected chi connectivity index (χ0v) is 18.2. The second kappa shape index (κ2) is 10.6. The number of hydrogen-bond acceptors (Lipinski definition) is 6. The third-order valence-corrected chi connectivity index (χ3v) is 6.26. The average molecular weight is 439 g/mol. The molecule has 2 aromatic rings. The van der Waals surface area contributed by atoms with E-state index in [4.69, 9.17) is 4.74 Å². The van der Waals surface area contributed by atoms with E-state index in [0.29, 0.717) is 44.8 Å². The number of nitrogens with one attached hydrogen (secondary N) is 1. The monoisotopic (exact) mass is 438 g/mol. The van der Waals surface area contributed by atoms with Crippen molar-refractivity contribution in [1.82, 2.24) is 10.2 Å². The first-order chi connectivity index (χ1) is 15.6. The first-order valence-corrected chi connectivity index (χ1v) is 11.2. The molecule has 0 radical (unpaired) electrons. The van der Waals surface area contributed by atoms with Crippen LogP contribution in [0.5, 0.6) is 0 Å². The van der Waals surface area contributed by atoms with E-state index in [-0.39, 0.29) is 28.5 Å². The summed E-state index contributed by atoms with van der Waals surface area (Å²) in [6.07, 6.45) is 1.36. The van der Waals surface area contributed by atoms with Crippen LogP contribution < -0.4 is 10.2 Å². The van der Waals surface area contributed by atoms with Crippen LogP contribution in [-0.4, -0.2) is 61.2 Å². The van der Waals surface area contributed by atoms with Gasteiger partial charge in [-0.1, -0.05) is 42.5 Å². The number of morpholine rings is 1. The minimum absolute atomic E-state index is 0.0107. The summed E-state index contributed by atoms with van der Waals surface area (Å²) in [6.45, 7) is 5.02. The lowest BCUT2D eigenvalue weighted by atomic mass is 9.95. The molecule has 1 amide bonds. The van der Waals surface area contributed by atoms with E-state index in [9.17, 15) is 14.9 Å². The van der Waals surface area contributed by atoms with Gasteiger partial charge in [0.1, 0.15) is 5.69 Å². The highest BCUT2D eigenvalue weighted by atomic mass is 16.6. The van der Waals surface area contributed by atoms with Crippen molar-refractivity contribution in [2.24, 2.45) is 5.92 Å². The van der Waals surface area contributed by atoms with Gasteiger partial charge < -0.3 is 15.0 Å². The molecule has 2 aliphatic heterocycles. The number of benzene rings is 2. The highest BCUT2D eigenvalue weighted by Crippen LogP contribution is 2.31. The Hall–Kier alpha value is -2.97. The van der Waals surface area contributed by atoms with Crippen LogP contribution in [0.25, 0.3) is 0 Å². The predicted octanol–water partition coefficient (Wildman–Crippen LogP) is 2.83. The number of piperidine rings is 1. The quantitative estimate of drug-likeness (QED) is 0.528. The smallest absolute Gasteiger partial charge is 0.292 e. The van der Waals surface area contributed by atoms with Gasteiger partial charge in [-0.2, -0.15) is 0 Å². The molecule has 0 aromatic heterocycles. The van der Waals surface area contributed by atoms with Crippen LogP contribution in [0.2, 0.25) is 0 Å². The van der Waals surface area contributed by atoms with Crippen LogP contribution in [0.1, 0.15) is 18.4 Å². The van der Waals surface area contributed by atoms with Crippen molar-refractivity contribution in [3.63, 3.8) is 0 Å². The fraction of sp³-hybridized carbons (Fsp3) is 0.458. The molecule has 0 bridgehead atoms. The molecule has 2 aliphatic rings. The third kappa shape index (κ3) is 5.63. The summed E-state index contributed by atoms with van der Waals surface area (Å²) in [5.74, 6) is -0.0194. The number of rotatable bonds is 7. The number of para-hydroxylation sites is 2.